The van der Waals surface area contributed by atoms with Crippen LogP contribution < -0.4 is 4.74 Å². The normalized spacial score (nSPS) is 10.8. The maximum atomic E-state index is 5.54. The fourth-order valence-corrected chi connectivity index (χ4v) is 2.98. The van der Waals surface area contributed by atoms with Crippen LogP contribution in [0.3, 0.4) is 0 Å². The van der Waals surface area contributed by atoms with E-state index in [9.17, 15) is 0 Å². The van der Waals surface area contributed by atoms with Gasteiger partial charge in [-0.15, -0.1) is 24.0 Å². The van der Waals surface area contributed by atoms with E-state index in [1.807, 2.05) is 13.0 Å². The zero-order valence-electron chi connectivity index (χ0n) is 8.20. The predicted octanol–water partition coefficient (Wildman–Crippen LogP) is 3.90. The summed E-state index contributed by atoms with van der Waals surface area (Å²) in [5.41, 5.74) is 1.19. The number of ether oxygens (including phenoxy) is 1. The molecule has 0 saturated heterocycles. The number of thiol groups is 1. The summed E-state index contributed by atoms with van der Waals surface area (Å²) in [4.78, 5) is 1.05. The topological polar surface area (TPSA) is 9.23 Å². The van der Waals surface area contributed by atoms with Crippen molar-refractivity contribution >= 4 is 34.1 Å². The molecule has 14 heavy (non-hydrogen) atoms. The summed E-state index contributed by atoms with van der Waals surface area (Å²) < 4.78 is 6.81. The summed E-state index contributed by atoms with van der Waals surface area (Å²) in [6.07, 6.45) is 0. The van der Waals surface area contributed by atoms with E-state index in [4.69, 9.17) is 4.74 Å². The molecule has 2 aromatic rings. The Morgan fingerprint density at radius 2 is 2.21 bits per heavy atom. The Balaban J connectivity index is 2.66. The molecule has 0 aliphatic heterocycles. The quantitative estimate of drug-likeness (QED) is 0.761. The molecule has 1 aromatic carbocycles. The number of aryl methyl sites for hydroxylation is 1. The Bertz CT molecular complexity index is 460. The van der Waals surface area contributed by atoms with Crippen molar-refractivity contribution in [3.63, 3.8) is 0 Å². The first-order valence-electron chi connectivity index (χ1n) is 4.56. The van der Waals surface area contributed by atoms with E-state index >= 15 is 0 Å². The van der Waals surface area contributed by atoms with Gasteiger partial charge < -0.3 is 4.74 Å². The second kappa shape index (κ2) is 3.83. The third-order valence-corrected chi connectivity index (χ3v) is 3.71. The van der Waals surface area contributed by atoms with Crippen molar-refractivity contribution < 1.29 is 4.74 Å². The zero-order chi connectivity index (χ0) is 10.1. The van der Waals surface area contributed by atoms with Crippen LogP contribution in [0.15, 0.2) is 22.4 Å². The van der Waals surface area contributed by atoms with Gasteiger partial charge in [0.25, 0.3) is 0 Å². The first kappa shape index (κ1) is 9.87. The molecule has 0 unspecified atom stereocenters. The Morgan fingerprint density at radius 3 is 2.93 bits per heavy atom. The van der Waals surface area contributed by atoms with Gasteiger partial charge in [-0.25, -0.2) is 0 Å². The maximum Gasteiger partial charge on any atom is 0.122 e. The smallest absolute Gasteiger partial charge is 0.122 e. The van der Waals surface area contributed by atoms with Crippen molar-refractivity contribution in [3.05, 3.63) is 23.1 Å². The van der Waals surface area contributed by atoms with Gasteiger partial charge in [-0.1, -0.05) is 0 Å². The van der Waals surface area contributed by atoms with Gasteiger partial charge in [-0.05, 0) is 26.0 Å². The molecule has 0 spiro atoms. The van der Waals surface area contributed by atoms with Crippen LogP contribution in [0.2, 0.25) is 0 Å². The van der Waals surface area contributed by atoms with Gasteiger partial charge in [0.1, 0.15) is 5.75 Å². The van der Waals surface area contributed by atoms with Crippen molar-refractivity contribution in [2.75, 3.05) is 6.61 Å². The standard InChI is InChI=1S/C11H12OS2/c1-3-12-8-4-5-10-11(7(8)2)9(13)6-14-10/h4-6,13H,3H2,1-2H3. The Hall–Kier alpha value is -0.670. The van der Waals surface area contributed by atoms with Gasteiger partial charge in [0.15, 0.2) is 0 Å². The van der Waals surface area contributed by atoms with Gasteiger partial charge in [0.05, 0.1) is 6.61 Å². The third-order valence-electron chi connectivity index (χ3n) is 2.23. The molecular formula is C11H12OS2. The highest BCUT2D eigenvalue weighted by atomic mass is 32.1. The molecule has 0 fully saturated rings. The summed E-state index contributed by atoms with van der Waals surface area (Å²) >= 11 is 6.16. The molecule has 2 rings (SSSR count). The van der Waals surface area contributed by atoms with Gasteiger partial charge in [-0.3, -0.25) is 0 Å². The highest BCUT2D eigenvalue weighted by molar-refractivity contribution is 7.80. The van der Waals surface area contributed by atoms with Crippen LogP contribution in [0.1, 0.15) is 12.5 Å². The molecule has 0 radical (unpaired) electrons. The SMILES string of the molecule is CCOc1ccc2scc(S)c2c1C. The molecule has 1 heterocycles. The minimum absolute atomic E-state index is 0.707. The van der Waals surface area contributed by atoms with E-state index in [0.717, 1.165) is 10.6 Å². The van der Waals surface area contributed by atoms with E-state index < -0.39 is 0 Å². The summed E-state index contributed by atoms with van der Waals surface area (Å²) in [6.45, 7) is 4.79. The molecule has 0 atom stereocenters. The van der Waals surface area contributed by atoms with E-state index in [1.54, 1.807) is 11.3 Å². The Labute approximate surface area is 93.1 Å². The highest BCUT2D eigenvalue weighted by Crippen LogP contribution is 2.35. The van der Waals surface area contributed by atoms with Crippen LogP contribution in [0, 0.1) is 6.92 Å². The molecule has 0 saturated carbocycles. The third kappa shape index (κ3) is 1.51. The van der Waals surface area contributed by atoms with Crippen LogP contribution in [-0.4, -0.2) is 6.61 Å². The number of thiophene rings is 1. The molecule has 0 N–H and O–H groups in total. The average Bonchev–Trinajstić information content (AvgIpc) is 2.54. The first-order chi connectivity index (χ1) is 6.74. The number of benzene rings is 1. The molecule has 0 aliphatic carbocycles. The molecular weight excluding hydrogens is 212 g/mol. The zero-order valence-corrected chi connectivity index (χ0v) is 9.91. The molecule has 1 aromatic heterocycles. The van der Waals surface area contributed by atoms with E-state index in [2.05, 4.69) is 31.0 Å². The van der Waals surface area contributed by atoms with Crippen LogP contribution in [0.4, 0.5) is 0 Å². The van der Waals surface area contributed by atoms with E-state index in [-0.39, 0.29) is 0 Å². The van der Waals surface area contributed by atoms with Gasteiger partial charge in [0.2, 0.25) is 0 Å². The van der Waals surface area contributed by atoms with Crippen LogP contribution in [-0.2, 0) is 0 Å². The molecule has 0 bridgehead atoms. The molecule has 1 nitrogen and oxygen atoms in total. The van der Waals surface area contributed by atoms with Crippen molar-refractivity contribution in [1.82, 2.24) is 0 Å². The van der Waals surface area contributed by atoms with Crippen molar-refractivity contribution in [3.8, 4) is 5.75 Å². The predicted molar refractivity (Wildman–Crippen MR) is 65.0 cm³/mol. The summed E-state index contributed by atoms with van der Waals surface area (Å²) in [6, 6.07) is 4.13. The van der Waals surface area contributed by atoms with Crippen molar-refractivity contribution in [2.45, 2.75) is 18.7 Å². The number of rotatable bonds is 2. The second-order valence-corrected chi connectivity index (χ2v) is 4.51. The summed E-state index contributed by atoms with van der Waals surface area (Å²) in [7, 11) is 0. The number of fused-ring (bicyclic) bond motifs is 1. The number of hydrogen-bond acceptors (Lipinski definition) is 3. The van der Waals surface area contributed by atoms with Gasteiger partial charge in [-0.2, -0.15) is 0 Å². The van der Waals surface area contributed by atoms with Gasteiger partial charge in [0, 0.05) is 25.9 Å². The van der Waals surface area contributed by atoms with Crippen LogP contribution in [0.5, 0.6) is 5.75 Å². The fraction of sp³-hybridized carbons (Fsp3) is 0.273. The molecule has 3 heteroatoms. The van der Waals surface area contributed by atoms with Crippen LogP contribution >= 0.6 is 24.0 Å². The fourth-order valence-electron chi connectivity index (χ4n) is 1.57. The molecule has 0 aliphatic rings. The lowest BCUT2D eigenvalue weighted by Crippen LogP contribution is -1.93. The largest absolute Gasteiger partial charge is 0.494 e. The summed E-state index contributed by atoms with van der Waals surface area (Å²) in [5, 5.41) is 3.29. The lowest BCUT2D eigenvalue weighted by molar-refractivity contribution is 0.338. The maximum absolute atomic E-state index is 5.54. The summed E-state index contributed by atoms with van der Waals surface area (Å²) in [5.74, 6) is 0.966. The molecule has 74 valence electrons. The number of hydrogen-bond donors (Lipinski definition) is 1. The molecule has 0 amide bonds. The van der Waals surface area contributed by atoms with Crippen molar-refractivity contribution in [2.24, 2.45) is 0 Å². The van der Waals surface area contributed by atoms with Crippen molar-refractivity contribution in [1.29, 1.82) is 0 Å². The van der Waals surface area contributed by atoms with E-state index in [1.165, 1.54) is 15.6 Å². The Morgan fingerprint density at radius 1 is 1.43 bits per heavy atom. The average molecular weight is 224 g/mol. The minimum Gasteiger partial charge on any atom is -0.494 e. The second-order valence-electron chi connectivity index (χ2n) is 3.12. The Kier molecular flexibility index (Phi) is 2.70. The van der Waals surface area contributed by atoms with Crippen LogP contribution in [0.25, 0.3) is 10.1 Å². The lowest BCUT2D eigenvalue weighted by Gasteiger charge is -2.07. The lowest BCUT2D eigenvalue weighted by atomic mass is 10.1. The van der Waals surface area contributed by atoms with Gasteiger partial charge >= 0.3 is 0 Å². The first-order valence-corrected chi connectivity index (χ1v) is 5.89. The highest BCUT2D eigenvalue weighted by Gasteiger charge is 2.08. The minimum atomic E-state index is 0.707. The van der Waals surface area contributed by atoms with E-state index in [0.29, 0.717) is 6.61 Å². The monoisotopic (exact) mass is 224 g/mol.